The van der Waals surface area contributed by atoms with Crippen molar-refractivity contribution in [2.45, 2.75) is 0 Å². The predicted octanol–water partition coefficient (Wildman–Crippen LogP) is 3.87. The summed E-state index contributed by atoms with van der Waals surface area (Å²) in [5.41, 5.74) is 3.61. The fourth-order valence-electron chi connectivity index (χ4n) is 2.16. The topological polar surface area (TPSA) is 54.7 Å². The van der Waals surface area contributed by atoms with Gasteiger partial charge >= 0.3 is 0 Å². The molecule has 4 rings (SSSR count). The first-order valence-electron chi connectivity index (χ1n) is 6.37. The molecule has 0 amide bonds. The molecule has 0 aliphatic rings. The Hall–Kier alpha value is -2.88. The Morgan fingerprint density at radius 1 is 0.850 bits per heavy atom. The molecule has 0 radical (unpaired) electrons. The third-order valence-corrected chi connectivity index (χ3v) is 3.10. The average Bonchev–Trinajstić information content (AvgIpc) is 3.07. The minimum atomic E-state index is 0.576. The van der Waals surface area contributed by atoms with Crippen LogP contribution in [0.3, 0.4) is 0 Å². The SMILES string of the molecule is C(=C\c1nc2ccccc2o1)/c1nc2ccccc2[nH]1. The van der Waals surface area contributed by atoms with Gasteiger partial charge in [-0.05, 0) is 30.3 Å². The monoisotopic (exact) mass is 261 g/mol. The van der Waals surface area contributed by atoms with Crippen molar-refractivity contribution in [1.29, 1.82) is 0 Å². The van der Waals surface area contributed by atoms with Gasteiger partial charge in [0.25, 0.3) is 0 Å². The second-order valence-corrected chi connectivity index (χ2v) is 4.49. The van der Waals surface area contributed by atoms with Gasteiger partial charge in [0.05, 0.1) is 11.0 Å². The van der Waals surface area contributed by atoms with E-state index in [1.807, 2.05) is 60.7 Å². The van der Waals surface area contributed by atoms with Crippen LogP contribution in [-0.2, 0) is 0 Å². The number of aromatic nitrogens is 3. The van der Waals surface area contributed by atoms with Crippen LogP contribution in [0.5, 0.6) is 0 Å². The standard InChI is InChI=1S/C16H11N3O/c1-2-6-12-11(5-1)17-15(18-12)9-10-16-19-13-7-3-4-8-14(13)20-16/h1-10H,(H,17,18)/b10-9+. The Balaban J connectivity index is 1.70. The second kappa shape index (κ2) is 4.35. The van der Waals surface area contributed by atoms with Crippen LogP contribution in [0.15, 0.2) is 52.9 Å². The lowest BCUT2D eigenvalue weighted by Gasteiger charge is -1.83. The molecule has 1 N–H and O–H groups in total. The number of hydrogen-bond donors (Lipinski definition) is 1. The zero-order valence-electron chi connectivity index (χ0n) is 10.6. The Morgan fingerprint density at radius 2 is 1.65 bits per heavy atom. The predicted molar refractivity (Wildman–Crippen MR) is 79.0 cm³/mol. The molecule has 0 aliphatic carbocycles. The van der Waals surface area contributed by atoms with Gasteiger partial charge in [-0.1, -0.05) is 24.3 Å². The summed E-state index contributed by atoms with van der Waals surface area (Å²) in [6, 6.07) is 15.6. The molecule has 4 heteroatoms. The van der Waals surface area contributed by atoms with E-state index in [1.165, 1.54) is 0 Å². The van der Waals surface area contributed by atoms with Gasteiger partial charge in [-0.3, -0.25) is 0 Å². The maximum atomic E-state index is 5.62. The summed E-state index contributed by atoms with van der Waals surface area (Å²) in [6.45, 7) is 0. The molecule has 2 aromatic carbocycles. The van der Waals surface area contributed by atoms with Gasteiger partial charge in [0.1, 0.15) is 11.3 Å². The van der Waals surface area contributed by atoms with Crippen LogP contribution in [0.25, 0.3) is 34.3 Å². The smallest absolute Gasteiger partial charge is 0.220 e. The lowest BCUT2D eigenvalue weighted by molar-refractivity contribution is 0.589. The molecule has 0 atom stereocenters. The van der Waals surface area contributed by atoms with Crippen LogP contribution in [-0.4, -0.2) is 15.0 Å². The van der Waals surface area contributed by atoms with Gasteiger partial charge in [-0.15, -0.1) is 0 Å². The molecule has 0 fully saturated rings. The van der Waals surface area contributed by atoms with Crippen LogP contribution < -0.4 is 0 Å². The van der Waals surface area contributed by atoms with E-state index >= 15 is 0 Å². The van der Waals surface area contributed by atoms with Crippen molar-refractivity contribution in [1.82, 2.24) is 15.0 Å². The van der Waals surface area contributed by atoms with E-state index in [9.17, 15) is 0 Å². The quantitative estimate of drug-likeness (QED) is 0.596. The number of hydrogen-bond acceptors (Lipinski definition) is 3. The molecule has 20 heavy (non-hydrogen) atoms. The van der Waals surface area contributed by atoms with Crippen LogP contribution in [0.2, 0.25) is 0 Å². The van der Waals surface area contributed by atoms with Gasteiger partial charge in [-0.25, -0.2) is 9.97 Å². The van der Waals surface area contributed by atoms with E-state index < -0.39 is 0 Å². The number of benzene rings is 2. The lowest BCUT2D eigenvalue weighted by atomic mass is 10.3. The Bertz CT molecular complexity index is 775. The fraction of sp³-hybridized carbons (Fsp3) is 0. The molecule has 0 saturated carbocycles. The molecule has 0 unspecified atom stereocenters. The Labute approximate surface area is 114 Å². The maximum absolute atomic E-state index is 5.62. The van der Waals surface area contributed by atoms with E-state index in [0.717, 1.165) is 28.0 Å². The van der Waals surface area contributed by atoms with Crippen LogP contribution in [0.1, 0.15) is 11.7 Å². The first-order valence-corrected chi connectivity index (χ1v) is 6.37. The van der Waals surface area contributed by atoms with Crippen molar-refractivity contribution in [3.8, 4) is 0 Å². The summed E-state index contributed by atoms with van der Waals surface area (Å²) >= 11 is 0. The fourth-order valence-corrected chi connectivity index (χ4v) is 2.16. The molecule has 2 heterocycles. The Kier molecular flexibility index (Phi) is 2.39. The minimum Gasteiger partial charge on any atom is -0.437 e. The number of oxazole rings is 1. The molecular weight excluding hydrogens is 250 g/mol. The number of aromatic amines is 1. The first kappa shape index (κ1) is 11.0. The summed E-state index contributed by atoms with van der Waals surface area (Å²) in [5, 5.41) is 0. The van der Waals surface area contributed by atoms with Crippen molar-refractivity contribution in [2.24, 2.45) is 0 Å². The summed E-state index contributed by atoms with van der Waals surface area (Å²) in [6.07, 6.45) is 3.68. The third kappa shape index (κ3) is 1.87. The van der Waals surface area contributed by atoms with Crippen molar-refractivity contribution >= 4 is 34.3 Å². The van der Waals surface area contributed by atoms with E-state index in [0.29, 0.717) is 5.89 Å². The third-order valence-electron chi connectivity index (χ3n) is 3.10. The number of imidazole rings is 1. The first-order chi connectivity index (χ1) is 9.88. The highest BCUT2D eigenvalue weighted by atomic mass is 16.3. The summed E-state index contributed by atoms with van der Waals surface area (Å²) in [7, 11) is 0. The van der Waals surface area contributed by atoms with Crippen molar-refractivity contribution in [3.05, 3.63) is 60.2 Å². The number of rotatable bonds is 2. The summed E-state index contributed by atoms with van der Waals surface area (Å²) in [5.74, 6) is 1.36. The Morgan fingerprint density at radius 3 is 2.50 bits per heavy atom. The largest absolute Gasteiger partial charge is 0.437 e. The molecule has 96 valence electrons. The molecule has 2 aromatic heterocycles. The van der Waals surface area contributed by atoms with Crippen molar-refractivity contribution < 1.29 is 4.42 Å². The van der Waals surface area contributed by atoms with Crippen LogP contribution in [0.4, 0.5) is 0 Å². The van der Waals surface area contributed by atoms with Gasteiger partial charge in [-0.2, -0.15) is 0 Å². The normalized spacial score (nSPS) is 11.8. The molecule has 4 aromatic rings. The molecule has 4 nitrogen and oxygen atoms in total. The summed E-state index contributed by atoms with van der Waals surface area (Å²) < 4.78 is 5.62. The highest BCUT2D eigenvalue weighted by Gasteiger charge is 2.02. The van der Waals surface area contributed by atoms with Gasteiger partial charge in [0, 0.05) is 6.08 Å². The molecule has 0 spiro atoms. The highest BCUT2D eigenvalue weighted by Crippen LogP contribution is 2.17. The molecule has 0 saturated heterocycles. The molecule has 0 aliphatic heterocycles. The number of fused-ring (bicyclic) bond motifs is 2. The van der Waals surface area contributed by atoms with Crippen molar-refractivity contribution in [3.63, 3.8) is 0 Å². The second-order valence-electron chi connectivity index (χ2n) is 4.49. The number of nitrogens with zero attached hydrogens (tertiary/aromatic N) is 2. The molecule has 0 bridgehead atoms. The van der Waals surface area contributed by atoms with Gasteiger partial charge < -0.3 is 9.40 Å². The van der Waals surface area contributed by atoms with E-state index in [-0.39, 0.29) is 0 Å². The number of nitrogens with one attached hydrogen (secondary N) is 1. The van der Waals surface area contributed by atoms with Crippen molar-refractivity contribution in [2.75, 3.05) is 0 Å². The van der Waals surface area contributed by atoms with Crippen LogP contribution in [0, 0.1) is 0 Å². The average molecular weight is 261 g/mol. The van der Waals surface area contributed by atoms with Gasteiger partial charge in [0.15, 0.2) is 5.58 Å². The number of para-hydroxylation sites is 4. The summed E-state index contributed by atoms with van der Waals surface area (Å²) in [4.78, 5) is 12.1. The highest BCUT2D eigenvalue weighted by molar-refractivity contribution is 5.79. The van der Waals surface area contributed by atoms with E-state index in [4.69, 9.17) is 4.42 Å². The van der Waals surface area contributed by atoms with Gasteiger partial charge in [0.2, 0.25) is 5.89 Å². The number of H-pyrrole nitrogens is 1. The zero-order chi connectivity index (χ0) is 13.4. The van der Waals surface area contributed by atoms with Crippen LogP contribution >= 0.6 is 0 Å². The maximum Gasteiger partial charge on any atom is 0.220 e. The van der Waals surface area contributed by atoms with E-state index in [2.05, 4.69) is 15.0 Å². The lowest BCUT2D eigenvalue weighted by Crippen LogP contribution is -1.74. The van der Waals surface area contributed by atoms with E-state index in [1.54, 1.807) is 0 Å². The zero-order valence-corrected chi connectivity index (χ0v) is 10.6. The minimum absolute atomic E-state index is 0.576. The molecular formula is C16H11N3O.